The van der Waals surface area contributed by atoms with Crippen molar-refractivity contribution in [2.75, 3.05) is 0 Å². The van der Waals surface area contributed by atoms with E-state index in [4.69, 9.17) is 4.74 Å². The zero-order valence-corrected chi connectivity index (χ0v) is 9.60. The summed E-state index contributed by atoms with van der Waals surface area (Å²) >= 11 is 0. The van der Waals surface area contributed by atoms with Crippen LogP contribution in [0, 0.1) is 0 Å². The van der Waals surface area contributed by atoms with Crippen molar-refractivity contribution in [1.82, 2.24) is 4.98 Å². The molecule has 4 heteroatoms. The summed E-state index contributed by atoms with van der Waals surface area (Å²) in [4.78, 5) is 4.40. The SMILES string of the molecule is C1=COC(N=Nc2ccc3ccccc3n2)C=C1. The van der Waals surface area contributed by atoms with Gasteiger partial charge in [0.2, 0.25) is 6.23 Å². The third-order valence-corrected chi connectivity index (χ3v) is 2.54. The van der Waals surface area contributed by atoms with Crippen LogP contribution in [-0.2, 0) is 4.74 Å². The summed E-state index contributed by atoms with van der Waals surface area (Å²) in [6.45, 7) is 0. The first-order chi connectivity index (χ1) is 8.92. The number of ether oxygens (including phenoxy) is 1. The number of allylic oxidation sites excluding steroid dienone is 2. The molecule has 0 bridgehead atoms. The average Bonchev–Trinajstić information content (AvgIpc) is 2.46. The predicted octanol–water partition coefficient (Wildman–Crippen LogP) is 3.74. The molecule has 0 radical (unpaired) electrons. The molecule has 0 spiro atoms. The van der Waals surface area contributed by atoms with E-state index >= 15 is 0 Å². The molecule has 1 aliphatic rings. The van der Waals surface area contributed by atoms with Crippen LogP contribution in [0.25, 0.3) is 10.9 Å². The van der Waals surface area contributed by atoms with Crippen molar-refractivity contribution in [3.8, 4) is 0 Å². The van der Waals surface area contributed by atoms with Gasteiger partial charge in [-0.15, -0.1) is 10.2 Å². The lowest BCUT2D eigenvalue weighted by Crippen LogP contribution is -2.02. The number of hydrogen-bond acceptors (Lipinski definition) is 4. The molecule has 0 N–H and O–H groups in total. The minimum Gasteiger partial charge on any atom is -0.471 e. The quantitative estimate of drug-likeness (QED) is 0.747. The fourth-order valence-corrected chi connectivity index (χ4v) is 1.67. The molecule has 0 aliphatic carbocycles. The van der Waals surface area contributed by atoms with Gasteiger partial charge in [0.25, 0.3) is 0 Å². The van der Waals surface area contributed by atoms with E-state index in [2.05, 4.69) is 15.2 Å². The Bertz CT molecular complexity index is 646. The number of aromatic nitrogens is 1. The maximum absolute atomic E-state index is 5.23. The summed E-state index contributed by atoms with van der Waals surface area (Å²) < 4.78 is 5.23. The van der Waals surface area contributed by atoms with Gasteiger partial charge in [0.1, 0.15) is 0 Å². The van der Waals surface area contributed by atoms with Crippen molar-refractivity contribution in [2.24, 2.45) is 10.2 Å². The Labute approximate surface area is 104 Å². The molecule has 0 amide bonds. The molecule has 0 saturated heterocycles. The molecule has 1 aromatic carbocycles. The molecule has 2 aromatic rings. The Morgan fingerprint density at radius 1 is 1.06 bits per heavy atom. The summed E-state index contributed by atoms with van der Waals surface area (Å²) in [5.74, 6) is 0.584. The number of rotatable bonds is 2. The lowest BCUT2D eigenvalue weighted by atomic mass is 10.2. The molecule has 0 saturated carbocycles. The summed E-state index contributed by atoms with van der Waals surface area (Å²) in [7, 11) is 0. The minimum absolute atomic E-state index is 0.358. The summed E-state index contributed by atoms with van der Waals surface area (Å²) in [6, 6.07) is 11.7. The smallest absolute Gasteiger partial charge is 0.227 e. The predicted molar refractivity (Wildman–Crippen MR) is 69.4 cm³/mol. The molecule has 3 rings (SSSR count). The third kappa shape index (κ3) is 2.27. The number of azo groups is 1. The molecule has 2 heterocycles. The summed E-state index contributed by atoms with van der Waals surface area (Å²) in [5.41, 5.74) is 0.911. The van der Waals surface area contributed by atoms with Crippen LogP contribution in [0.5, 0.6) is 0 Å². The zero-order valence-electron chi connectivity index (χ0n) is 9.60. The van der Waals surface area contributed by atoms with Crippen molar-refractivity contribution in [3.63, 3.8) is 0 Å². The molecule has 88 valence electrons. The Morgan fingerprint density at radius 3 is 2.89 bits per heavy atom. The second-order valence-electron chi connectivity index (χ2n) is 3.82. The Kier molecular flexibility index (Phi) is 2.84. The highest BCUT2D eigenvalue weighted by Crippen LogP contribution is 2.17. The van der Waals surface area contributed by atoms with E-state index in [0.29, 0.717) is 5.82 Å². The highest BCUT2D eigenvalue weighted by molar-refractivity contribution is 5.79. The normalized spacial score (nSPS) is 18.3. The second-order valence-corrected chi connectivity index (χ2v) is 3.82. The van der Waals surface area contributed by atoms with E-state index in [1.54, 1.807) is 12.3 Å². The van der Waals surface area contributed by atoms with Gasteiger partial charge < -0.3 is 4.74 Å². The minimum atomic E-state index is -0.358. The Balaban J connectivity index is 1.84. The van der Waals surface area contributed by atoms with Crippen LogP contribution < -0.4 is 0 Å². The van der Waals surface area contributed by atoms with Crippen molar-refractivity contribution >= 4 is 16.7 Å². The first-order valence-electron chi connectivity index (χ1n) is 5.67. The van der Waals surface area contributed by atoms with Gasteiger partial charge in [-0.3, -0.25) is 0 Å². The van der Waals surface area contributed by atoms with Crippen LogP contribution in [0.4, 0.5) is 5.82 Å². The van der Waals surface area contributed by atoms with Crippen LogP contribution in [0.2, 0.25) is 0 Å². The van der Waals surface area contributed by atoms with E-state index in [1.165, 1.54) is 0 Å². The van der Waals surface area contributed by atoms with Crippen LogP contribution in [0.1, 0.15) is 0 Å². The van der Waals surface area contributed by atoms with Gasteiger partial charge in [-0.2, -0.15) is 0 Å². The first-order valence-corrected chi connectivity index (χ1v) is 5.67. The number of pyridine rings is 1. The van der Waals surface area contributed by atoms with Crippen molar-refractivity contribution < 1.29 is 4.74 Å². The van der Waals surface area contributed by atoms with E-state index in [-0.39, 0.29) is 6.23 Å². The number of para-hydroxylation sites is 1. The topological polar surface area (TPSA) is 46.8 Å². The highest BCUT2D eigenvalue weighted by atomic mass is 16.5. The number of fused-ring (bicyclic) bond motifs is 1. The second kappa shape index (κ2) is 4.79. The maximum atomic E-state index is 5.23. The van der Waals surface area contributed by atoms with Gasteiger partial charge in [0.15, 0.2) is 5.82 Å². The summed E-state index contributed by atoms with van der Waals surface area (Å²) in [6.07, 6.45) is 6.74. The molecule has 1 unspecified atom stereocenters. The van der Waals surface area contributed by atoms with E-state index < -0.39 is 0 Å². The van der Waals surface area contributed by atoms with Gasteiger partial charge in [-0.1, -0.05) is 24.3 Å². The molecule has 18 heavy (non-hydrogen) atoms. The van der Waals surface area contributed by atoms with Crippen molar-refractivity contribution in [3.05, 3.63) is 60.9 Å². The van der Waals surface area contributed by atoms with Gasteiger partial charge >= 0.3 is 0 Å². The average molecular weight is 237 g/mol. The maximum Gasteiger partial charge on any atom is 0.227 e. The van der Waals surface area contributed by atoms with Gasteiger partial charge in [0, 0.05) is 5.39 Å². The standard InChI is InChI=1S/C14H11N3O/c1-2-6-12-11(5-1)8-9-13(15-12)16-17-14-7-3-4-10-18-14/h1-10,14H. The van der Waals surface area contributed by atoms with Crippen LogP contribution in [-0.4, -0.2) is 11.2 Å². The highest BCUT2D eigenvalue weighted by Gasteiger charge is 2.03. The van der Waals surface area contributed by atoms with Crippen LogP contribution in [0.3, 0.4) is 0 Å². The van der Waals surface area contributed by atoms with Gasteiger partial charge in [-0.05, 0) is 30.4 Å². The zero-order chi connectivity index (χ0) is 12.2. The molecular formula is C14H11N3O. The van der Waals surface area contributed by atoms with Crippen LogP contribution in [0.15, 0.2) is 71.1 Å². The van der Waals surface area contributed by atoms with E-state index in [9.17, 15) is 0 Å². The molecule has 1 aromatic heterocycles. The molecule has 1 aliphatic heterocycles. The first kappa shape index (κ1) is 10.7. The monoisotopic (exact) mass is 237 g/mol. The number of hydrogen-bond donors (Lipinski definition) is 0. The fraction of sp³-hybridized carbons (Fsp3) is 0.0714. The fourth-order valence-electron chi connectivity index (χ4n) is 1.67. The molecular weight excluding hydrogens is 226 g/mol. The Hall–Kier alpha value is -2.49. The number of nitrogens with zero attached hydrogens (tertiary/aromatic N) is 3. The lowest BCUT2D eigenvalue weighted by Gasteiger charge is -2.07. The Morgan fingerprint density at radius 2 is 2.00 bits per heavy atom. The van der Waals surface area contributed by atoms with Crippen molar-refractivity contribution in [1.29, 1.82) is 0 Å². The molecule has 4 nitrogen and oxygen atoms in total. The summed E-state index contributed by atoms with van der Waals surface area (Å²) in [5, 5.41) is 9.24. The van der Waals surface area contributed by atoms with Crippen molar-refractivity contribution in [2.45, 2.75) is 6.23 Å². The molecule has 1 atom stereocenters. The van der Waals surface area contributed by atoms with Gasteiger partial charge in [0.05, 0.1) is 11.8 Å². The van der Waals surface area contributed by atoms with E-state index in [0.717, 1.165) is 10.9 Å². The molecule has 0 fully saturated rings. The lowest BCUT2D eigenvalue weighted by molar-refractivity contribution is 0.185. The number of benzene rings is 1. The van der Waals surface area contributed by atoms with Crippen LogP contribution >= 0.6 is 0 Å². The largest absolute Gasteiger partial charge is 0.471 e. The third-order valence-electron chi connectivity index (χ3n) is 2.54. The van der Waals surface area contributed by atoms with Gasteiger partial charge in [-0.25, -0.2) is 4.98 Å². The van der Waals surface area contributed by atoms with E-state index in [1.807, 2.05) is 48.6 Å².